The molecule has 1 aliphatic heterocycles. The predicted molar refractivity (Wildman–Crippen MR) is 30.6 cm³/mol. The highest BCUT2D eigenvalue weighted by Gasteiger charge is 2.04. The molecule has 1 heterocycles. The van der Waals surface area contributed by atoms with Crippen molar-refractivity contribution >= 4 is 11.6 Å². The molecule has 0 bridgehead atoms. The molecule has 1 N–H and O–H groups in total. The number of allylic oxidation sites excluding steroid dienone is 2. The van der Waals surface area contributed by atoms with Crippen LogP contribution in [-0.4, -0.2) is 0 Å². The normalized spacial score (nSPS) is 20.0. The molecule has 0 saturated carbocycles. The Morgan fingerprint density at radius 2 is 2.38 bits per heavy atom. The first-order valence-electron chi connectivity index (χ1n) is 2.12. The summed E-state index contributed by atoms with van der Waals surface area (Å²) in [5, 5.41) is 2.72. The molecule has 1 rings (SSSR count). The van der Waals surface area contributed by atoms with Gasteiger partial charge in [0, 0.05) is 11.2 Å². The SMILES string of the molecule is F[C]1C=C(Cl)C=CN1. The van der Waals surface area contributed by atoms with E-state index in [9.17, 15) is 4.39 Å². The highest BCUT2D eigenvalue weighted by Crippen LogP contribution is 2.13. The standard InChI is InChI=1S/C5H4ClFN/c6-4-1-2-8-5(7)3-4/h1-3,8H. The lowest BCUT2D eigenvalue weighted by Gasteiger charge is -2.04. The fourth-order valence-corrected chi connectivity index (χ4v) is 0.571. The van der Waals surface area contributed by atoms with Crippen LogP contribution in [0.2, 0.25) is 0 Å². The minimum absolute atomic E-state index is 0.404. The van der Waals surface area contributed by atoms with Crippen molar-refractivity contribution in [2.24, 2.45) is 0 Å². The molecule has 43 valence electrons. The van der Waals surface area contributed by atoms with Gasteiger partial charge in [-0.15, -0.1) is 0 Å². The van der Waals surface area contributed by atoms with Crippen LogP contribution in [0.15, 0.2) is 23.4 Å². The molecule has 0 aliphatic carbocycles. The second kappa shape index (κ2) is 2.18. The van der Waals surface area contributed by atoms with Gasteiger partial charge in [0.1, 0.15) is 0 Å². The van der Waals surface area contributed by atoms with E-state index in [-0.39, 0.29) is 0 Å². The van der Waals surface area contributed by atoms with Crippen LogP contribution in [0.1, 0.15) is 0 Å². The third-order valence-corrected chi connectivity index (χ3v) is 0.963. The number of rotatable bonds is 0. The van der Waals surface area contributed by atoms with Crippen LogP contribution in [0.3, 0.4) is 0 Å². The zero-order valence-corrected chi connectivity index (χ0v) is 4.74. The van der Waals surface area contributed by atoms with Crippen LogP contribution in [0.25, 0.3) is 0 Å². The van der Waals surface area contributed by atoms with E-state index < -0.39 is 6.30 Å². The minimum atomic E-state index is -0.419. The number of halogens is 2. The molecule has 0 aromatic heterocycles. The Kier molecular flexibility index (Phi) is 1.53. The van der Waals surface area contributed by atoms with Crippen LogP contribution in [0.4, 0.5) is 4.39 Å². The summed E-state index contributed by atoms with van der Waals surface area (Å²) in [6.45, 7) is 0. The lowest BCUT2D eigenvalue weighted by atomic mass is 10.4. The van der Waals surface area contributed by atoms with Crippen molar-refractivity contribution in [2.45, 2.75) is 0 Å². The number of hydrogen-bond donors (Lipinski definition) is 1. The topological polar surface area (TPSA) is 12.0 Å². The van der Waals surface area contributed by atoms with E-state index in [4.69, 9.17) is 11.6 Å². The Hall–Kier alpha value is -0.500. The molecule has 1 aliphatic rings. The van der Waals surface area contributed by atoms with Crippen molar-refractivity contribution in [3.05, 3.63) is 29.7 Å². The summed E-state index contributed by atoms with van der Waals surface area (Å²) < 4.78 is 12.0. The van der Waals surface area contributed by atoms with Gasteiger partial charge >= 0.3 is 0 Å². The number of nitrogens with one attached hydrogen (secondary N) is 1. The summed E-state index contributed by atoms with van der Waals surface area (Å²) in [7, 11) is 0. The largest absolute Gasteiger partial charge is 0.352 e. The van der Waals surface area contributed by atoms with Gasteiger partial charge in [-0.05, 0) is 12.2 Å². The van der Waals surface area contributed by atoms with Crippen molar-refractivity contribution < 1.29 is 4.39 Å². The van der Waals surface area contributed by atoms with Gasteiger partial charge in [-0.3, -0.25) is 0 Å². The number of hydrogen-bond acceptors (Lipinski definition) is 1. The van der Waals surface area contributed by atoms with Crippen LogP contribution < -0.4 is 5.32 Å². The summed E-state index contributed by atoms with van der Waals surface area (Å²) in [5.41, 5.74) is 0. The molecule has 0 saturated heterocycles. The predicted octanol–water partition coefficient (Wildman–Crippen LogP) is 1.68. The molecular formula is C5H4ClFN. The summed E-state index contributed by atoms with van der Waals surface area (Å²) in [4.78, 5) is 0. The third kappa shape index (κ3) is 1.23. The summed E-state index contributed by atoms with van der Waals surface area (Å²) in [6, 6.07) is 0. The second-order valence-electron chi connectivity index (χ2n) is 1.35. The Bertz CT molecular complexity index is 141. The van der Waals surface area contributed by atoms with E-state index >= 15 is 0 Å². The van der Waals surface area contributed by atoms with Gasteiger partial charge in [0.2, 0.25) is 0 Å². The molecule has 3 heteroatoms. The molecule has 0 aromatic carbocycles. The van der Waals surface area contributed by atoms with Gasteiger partial charge in [0.05, 0.1) is 0 Å². The molecule has 0 amide bonds. The van der Waals surface area contributed by atoms with Gasteiger partial charge in [0.25, 0.3) is 6.30 Å². The van der Waals surface area contributed by atoms with Crippen LogP contribution in [0.5, 0.6) is 0 Å². The Morgan fingerprint density at radius 3 is 2.75 bits per heavy atom. The summed E-state index contributed by atoms with van der Waals surface area (Å²) >= 11 is 5.38. The maximum Gasteiger partial charge on any atom is 0.257 e. The van der Waals surface area contributed by atoms with Crippen molar-refractivity contribution in [2.75, 3.05) is 0 Å². The van der Waals surface area contributed by atoms with Crippen molar-refractivity contribution in [3.63, 3.8) is 0 Å². The fraction of sp³-hybridized carbons (Fsp3) is 0. The van der Waals surface area contributed by atoms with Crippen LogP contribution in [0, 0.1) is 6.30 Å². The van der Waals surface area contributed by atoms with E-state index in [1.54, 1.807) is 6.08 Å². The smallest absolute Gasteiger partial charge is 0.257 e. The van der Waals surface area contributed by atoms with E-state index in [1.165, 1.54) is 12.3 Å². The van der Waals surface area contributed by atoms with Gasteiger partial charge < -0.3 is 5.32 Å². The van der Waals surface area contributed by atoms with Gasteiger partial charge in [-0.25, -0.2) is 4.39 Å². The lowest BCUT2D eigenvalue weighted by molar-refractivity contribution is 0.495. The summed E-state index contributed by atoms with van der Waals surface area (Å²) in [5.74, 6) is 0. The molecule has 0 spiro atoms. The Labute approximate surface area is 51.8 Å². The van der Waals surface area contributed by atoms with Crippen LogP contribution >= 0.6 is 11.6 Å². The first-order valence-corrected chi connectivity index (χ1v) is 2.49. The fourth-order valence-electron chi connectivity index (χ4n) is 0.412. The monoisotopic (exact) mass is 132 g/mol. The van der Waals surface area contributed by atoms with Crippen molar-refractivity contribution in [1.29, 1.82) is 0 Å². The molecule has 0 atom stereocenters. The highest BCUT2D eigenvalue weighted by molar-refractivity contribution is 6.31. The quantitative estimate of drug-likeness (QED) is 0.495. The first kappa shape index (κ1) is 5.63. The maximum absolute atomic E-state index is 12.0. The van der Waals surface area contributed by atoms with E-state index in [0.717, 1.165) is 0 Å². The Balaban J connectivity index is 2.63. The molecule has 0 unspecified atom stereocenters. The lowest BCUT2D eigenvalue weighted by Crippen LogP contribution is -2.09. The van der Waals surface area contributed by atoms with Gasteiger partial charge in [-0.1, -0.05) is 11.6 Å². The molecule has 0 aromatic rings. The van der Waals surface area contributed by atoms with Crippen molar-refractivity contribution in [1.82, 2.24) is 5.32 Å². The molecule has 1 radical (unpaired) electrons. The molecule has 1 nitrogen and oxygen atoms in total. The second-order valence-corrected chi connectivity index (χ2v) is 1.79. The molecule has 8 heavy (non-hydrogen) atoms. The van der Waals surface area contributed by atoms with E-state index in [2.05, 4.69) is 5.32 Å². The zero-order valence-electron chi connectivity index (χ0n) is 3.99. The third-order valence-electron chi connectivity index (χ3n) is 0.728. The maximum atomic E-state index is 12.0. The van der Waals surface area contributed by atoms with Gasteiger partial charge in [-0.2, -0.15) is 0 Å². The zero-order chi connectivity index (χ0) is 5.98. The van der Waals surface area contributed by atoms with Gasteiger partial charge in [0.15, 0.2) is 0 Å². The molecule has 0 fully saturated rings. The highest BCUT2D eigenvalue weighted by atomic mass is 35.5. The summed E-state index contributed by atoms with van der Waals surface area (Å²) in [6.07, 6.45) is 3.81. The molecular weight excluding hydrogens is 129 g/mol. The minimum Gasteiger partial charge on any atom is -0.352 e. The van der Waals surface area contributed by atoms with Crippen LogP contribution in [-0.2, 0) is 0 Å². The average molecular weight is 133 g/mol. The first-order chi connectivity index (χ1) is 3.79. The van der Waals surface area contributed by atoms with E-state index in [0.29, 0.717) is 5.03 Å². The average Bonchev–Trinajstić information content (AvgIpc) is 1.64. The number of dihydropyridines is 1. The van der Waals surface area contributed by atoms with Crippen molar-refractivity contribution in [3.8, 4) is 0 Å². The van der Waals surface area contributed by atoms with E-state index in [1.807, 2.05) is 0 Å². The Morgan fingerprint density at radius 1 is 1.62 bits per heavy atom.